The molecular weight excluding hydrogens is 399 g/mol. The van der Waals surface area contributed by atoms with Crippen molar-refractivity contribution >= 4 is 17.6 Å². The summed E-state index contributed by atoms with van der Waals surface area (Å²) in [5.41, 5.74) is 5.69. The van der Waals surface area contributed by atoms with Gasteiger partial charge in [-0.2, -0.15) is 5.10 Å². The number of nitrogens with one attached hydrogen (secondary N) is 1. The number of amides is 2. The highest BCUT2D eigenvalue weighted by atomic mass is 19.1. The molecule has 2 amide bonds. The normalized spacial score (nSPS) is 18.3. The zero-order valence-electron chi connectivity index (χ0n) is 17.2. The molecule has 31 heavy (non-hydrogen) atoms. The molecule has 4 rings (SSSR count). The zero-order valence-corrected chi connectivity index (χ0v) is 17.2. The van der Waals surface area contributed by atoms with E-state index in [2.05, 4.69) is 20.2 Å². The Balaban J connectivity index is 1.53. The Morgan fingerprint density at radius 1 is 1.29 bits per heavy atom. The molecule has 1 saturated heterocycles. The van der Waals surface area contributed by atoms with E-state index in [1.807, 2.05) is 6.07 Å². The summed E-state index contributed by atoms with van der Waals surface area (Å²) in [6, 6.07) is 6.72. The molecule has 9 heteroatoms. The Morgan fingerprint density at radius 3 is 2.61 bits per heavy atom. The Morgan fingerprint density at radius 2 is 2.00 bits per heavy atom. The van der Waals surface area contributed by atoms with E-state index in [1.54, 1.807) is 23.0 Å². The maximum absolute atomic E-state index is 14.0. The van der Waals surface area contributed by atoms with E-state index in [1.165, 1.54) is 6.07 Å². The Hall–Kier alpha value is -3.25. The first-order valence-electron chi connectivity index (χ1n) is 10.4. The number of hydrogen-bond donors (Lipinski definition) is 2. The van der Waals surface area contributed by atoms with Crippen LogP contribution in [0.5, 0.6) is 0 Å². The Labute approximate surface area is 180 Å². The molecule has 0 bridgehead atoms. The Kier molecular flexibility index (Phi) is 5.74. The van der Waals surface area contributed by atoms with Gasteiger partial charge in [0.1, 0.15) is 16.9 Å². The van der Waals surface area contributed by atoms with Gasteiger partial charge in [-0.3, -0.25) is 19.2 Å². The number of anilines is 1. The molecule has 1 aliphatic heterocycles. The van der Waals surface area contributed by atoms with Crippen molar-refractivity contribution in [3.05, 3.63) is 58.8 Å². The molecule has 2 heterocycles. The molecule has 1 saturated carbocycles. The van der Waals surface area contributed by atoms with Crippen LogP contribution in [0, 0.1) is 18.3 Å². The van der Waals surface area contributed by atoms with E-state index in [9.17, 15) is 14.0 Å². The number of nitrogens with two attached hydrogens (primary N) is 1. The van der Waals surface area contributed by atoms with E-state index >= 15 is 0 Å². The second-order valence-electron chi connectivity index (χ2n) is 8.37. The van der Waals surface area contributed by atoms with Gasteiger partial charge in [-0.15, -0.1) is 0 Å². The minimum absolute atomic E-state index is 0.0373. The molecule has 0 spiro atoms. The summed E-state index contributed by atoms with van der Waals surface area (Å²) in [6.07, 6.45) is 4.43. The van der Waals surface area contributed by atoms with Crippen molar-refractivity contribution < 1.29 is 14.0 Å². The summed E-state index contributed by atoms with van der Waals surface area (Å²) in [7, 11) is 0. The van der Waals surface area contributed by atoms with Crippen LogP contribution in [0.3, 0.4) is 0 Å². The van der Waals surface area contributed by atoms with Crippen molar-refractivity contribution in [2.45, 2.75) is 37.8 Å². The van der Waals surface area contributed by atoms with Crippen LogP contribution in [-0.4, -0.2) is 46.1 Å². The van der Waals surface area contributed by atoms with Crippen molar-refractivity contribution in [2.75, 3.05) is 25.0 Å². The average molecular weight is 424 g/mol. The third-order valence-corrected chi connectivity index (χ3v) is 6.17. The summed E-state index contributed by atoms with van der Waals surface area (Å²) in [6.45, 7) is 9.44. The SMILES string of the molecule is [C-]#[N+]CC1(n2cc(C(N)=O)c(NC(=O)C3CC3)n2)CCN(Cc2ccccc2F)CC1. The summed E-state index contributed by atoms with van der Waals surface area (Å²) < 4.78 is 15.6. The van der Waals surface area contributed by atoms with Gasteiger partial charge in [0.25, 0.3) is 5.91 Å². The average Bonchev–Trinajstić information content (AvgIpc) is 3.51. The number of piperidine rings is 1. The molecule has 2 aromatic rings. The second kappa shape index (κ2) is 8.47. The van der Waals surface area contributed by atoms with E-state index in [4.69, 9.17) is 12.3 Å². The van der Waals surface area contributed by atoms with Crippen molar-refractivity contribution in [1.29, 1.82) is 0 Å². The monoisotopic (exact) mass is 424 g/mol. The van der Waals surface area contributed by atoms with Gasteiger partial charge >= 0.3 is 0 Å². The molecule has 1 aliphatic carbocycles. The van der Waals surface area contributed by atoms with Gasteiger partial charge in [0.05, 0.1) is 0 Å². The fourth-order valence-electron chi connectivity index (χ4n) is 4.06. The van der Waals surface area contributed by atoms with Gasteiger partial charge in [-0.25, -0.2) is 11.0 Å². The van der Waals surface area contributed by atoms with E-state index < -0.39 is 11.4 Å². The number of benzene rings is 1. The molecule has 2 aliphatic rings. The van der Waals surface area contributed by atoms with Crippen LogP contribution in [-0.2, 0) is 16.9 Å². The molecule has 0 radical (unpaired) electrons. The van der Waals surface area contributed by atoms with E-state index in [-0.39, 0.29) is 35.6 Å². The summed E-state index contributed by atoms with van der Waals surface area (Å²) in [5, 5.41) is 7.20. The van der Waals surface area contributed by atoms with Gasteiger partial charge < -0.3 is 15.9 Å². The third-order valence-electron chi connectivity index (χ3n) is 6.17. The molecule has 0 atom stereocenters. The zero-order chi connectivity index (χ0) is 22.0. The van der Waals surface area contributed by atoms with E-state index in [0.29, 0.717) is 38.0 Å². The largest absolute Gasteiger partial charge is 0.365 e. The standard InChI is InChI=1S/C22H25FN6O2/c1-25-14-22(8-10-28(11-9-22)12-16-4-2-3-5-18(16)23)29-13-17(19(24)30)20(27-29)26-21(31)15-6-7-15/h2-5,13,15H,6-12,14H2,(H2,24,30)(H,26,27,31). The number of carbonyl (C=O) groups excluding carboxylic acids is 2. The maximum Gasteiger partial charge on any atom is 0.254 e. The Bertz CT molecular complexity index is 1030. The fraction of sp³-hybridized carbons (Fsp3) is 0.455. The number of nitrogens with zero attached hydrogens (tertiary/aromatic N) is 4. The molecule has 1 aromatic heterocycles. The van der Waals surface area contributed by atoms with Gasteiger partial charge in [-0.05, 0) is 31.7 Å². The van der Waals surface area contributed by atoms with Crippen LogP contribution in [0.25, 0.3) is 4.85 Å². The first-order valence-corrected chi connectivity index (χ1v) is 10.4. The first-order chi connectivity index (χ1) is 14.9. The van der Waals surface area contributed by atoms with Crippen LogP contribution in [0.15, 0.2) is 30.5 Å². The van der Waals surface area contributed by atoms with Crippen LogP contribution >= 0.6 is 0 Å². The van der Waals surface area contributed by atoms with Gasteiger partial charge in [0, 0.05) is 37.3 Å². The summed E-state index contributed by atoms with van der Waals surface area (Å²) >= 11 is 0. The summed E-state index contributed by atoms with van der Waals surface area (Å²) in [4.78, 5) is 29.9. The minimum atomic E-state index is -0.674. The number of halogens is 1. The number of hydrogen-bond acceptors (Lipinski definition) is 4. The van der Waals surface area contributed by atoms with Gasteiger partial charge in [0.2, 0.25) is 12.5 Å². The highest BCUT2D eigenvalue weighted by molar-refractivity contribution is 6.02. The lowest BCUT2D eigenvalue weighted by molar-refractivity contribution is -0.117. The summed E-state index contributed by atoms with van der Waals surface area (Å²) in [5.74, 6) is -0.944. The molecule has 0 unspecified atom stereocenters. The predicted molar refractivity (Wildman–Crippen MR) is 112 cm³/mol. The van der Waals surface area contributed by atoms with Crippen molar-refractivity contribution in [1.82, 2.24) is 14.7 Å². The highest BCUT2D eigenvalue weighted by Crippen LogP contribution is 2.34. The third kappa shape index (κ3) is 4.44. The van der Waals surface area contributed by atoms with Crippen molar-refractivity contribution in [3.8, 4) is 0 Å². The van der Waals surface area contributed by atoms with Crippen molar-refractivity contribution in [3.63, 3.8) is 0 Å². The van der Waals surface area contributed by atoms with Crippen LogP contribution in [0.1, 0.15) is 41.6 Å². The number of aromatic nitrogens is 2. The fourth-order valence-corrected chi connectivity index (χ4v) is 4.06. The lowest BCUT2D eigenvalue weighted by Crippen LogP contribution is -2.48. The predicted octanol–water partition coefficient (Wildman–Crippen LogP) is 2.38. The molecule has 3 N–H and O–H groups in total. The van der Waals surface area contributed by atoms with Gasteiger partial charge in [0.15, 0.2) is 5.82 Å². The smallest absolute Gasteiger partial charge is 0.254 e. The number of primary amides is 1. The van der Waals surface area contributed by atoms with Crippen LogP contribution in [0.2, 0.25) is 0 Å². The minimum Gasteiger partial charge on any atom is -0.365 e. The molecule has 8 nitrogen and oxygen atoms in total. The molecule has 1 aromatic carbocycles. The highest BCUT2D eigenvalue weighted by Gasteiger charge is 2.41. The number of rotatable bonds is 7. The quantitative estimate of drug-likeness (QED) is 0.667. The van der Waals surface area contributed by atoms with Crippen molar-refractivity contribution in [2.24, 2.45) is 11.7 Å². The lowest BCUT2D eigenvalue weighted by atomic mass is 9.87. The number of likely N-dealkylation sites (tertiary alicyclic amines) is 1. The first kappa shape index (κ1) is 21.0. The maximum atomic E-state index is 14.0. The van der Waals surface area contributed by atoms with E-state index in [0.717, 1.165) is 12.8 Å². The van der Waals surface area contributed by atoms with Gasteiger partial charge in [-0.1, -0.05) is 18.2 Å². The molecular formula is C22H25FN6O2. The molecule has 2 fully saturated rings. The second-order valence-corrected chi connectivity index (χ2v) is 8.37. The van der Waals surface area contributed by atoms with Crippen LogP contribution < -0.4 is 11.1 Å². The van der Waals surface area contributed by atoms with Crippen LogP contribution in [0.4, 0.5) is 10.2 Å². The topological polar surface area (TPSA) is 97.6 Å². The number of carbonyl (C=O) groups is 2. The lowest BCUT2D eigenvalue weighted by Gasteiger charge is -2.38. The molecule has 162 valence electrons.